The number of nitrogens with one attached hydrogen (secondary N) is 4. The van der Waals surface area contributed by atoms with Crippen molar-refractivity contribution < 1.29 is 34.2 Å². The summed E-state index contributed by atoms with van der Waals surface area (Å²) in [5.74, 6) is -4.42. The molecule has 6 atom stereocenters. The van der Waals surface area contributed by atoms with Gasteiger partial charge >= 0.3 is 5.97 Å². The van der Waals surface area contributed by atoms with Crippen LogP contribution in [0.5, 0.6) is 0 Å². The van der Waals surface area contributed by atoms with Crippen molar-refractivity contribution >= 4 is 29.6 Å². The van der Waals surface area contributed by atoms with E-state index < -0.39 is 59.9 Å². The van der Waals surface area contributed by atoms with Gasteiger partial charge in [-0.3, -0.25) is 19.2 Å². The highest BCUT2D eigenvalue weighted by atomic mass is 16.4. The summed E-state index contributed by atoms with van der Waals surface area (Å²) in [6.45, 7) is 5.41. The smallest absolute Gasteiger partial charge is 0.326 e. The van der Waals surface area contributed by atoms with Crippen LogP contribution in [0.15, 0.2) is 0 Å². The van der Waals surface area contributed by atoms with E-state index in [0.717, 1.165) is 6.42 Å². The van der Waals surface area contributed by atoms with Crippen LogP contribution in [0.4, 0.5) is 0 Å². The molecule has 12 nitrogen and oxygen atoms in total. The molecule has 182 valence electrons. The Bertz CT molecular complexity index is 694. The van der Waals surface area contributed by atoms with Gasteiger partial charge in [0, 0.05) is 6.42 Å². The summed E-state index contributed by atoms with van der Waals surface area (Å²) < 4.78 is 0. The van der Waals surface area contributed by atoms with Crippen LogP contribution in [0.2, 0.25) is 0 Å². The molecule has 0 aliphatic carbocycles. The third-order valence-electron chi connectivity index (χ3n) is 5.53. The monoisotopic (exact) mass is 457 g/mol. The van der Waals surface area contributed by atoms with Crippen molar-refractivity contribution in [2.24, 2.45) is 11.7 Å². The molecular weight excluding hydrogens is 422 g/mol. The minimum Gasteiger partial charge on any atom is -0.480 e. The quantitative estimate of drug-likeness (QED) is 0.164. The van der Waals surface area contributed by atoms with Crippen LogP contribution < -0.4 is 27.0 Å². The number of carboxylic acid groups (broad SMARTS) is 1. The molecule has 0 aromatic heterocycles. The lowest BCUT2D eigenvalue weighted by molar-refractivity contribution is -0.144. The number of rotatable bonds is 13. The van der Waals surface area contributed by atoms with Crippen LogP contribution in [-0.2, 0) is 24.0 Å². The minimum atomic E-state index is -1.35. The van der Waals surface area contributed by atoms with Gasteiger partial charge in [-0.05, 0) is 38.6 Å². The van der Waals surface area contributed by atoms with E-state index in [-0.39, 0.29) is 18.8 Å². The van der Waals surface area contributed by atoms with Crippen molar-refractivity contribution in [3.63, 3.8) is 0 Å². The molecule has 0 bridgehead atoms. The number of hydrogen-bond donors (Lipinski definition) is 7. The maximum atomic E-state index is 12.8. The van der Waals surface area contributed by atoms with Gasteiger partial charge in [-0.2, -0.15) is 0 Å². The molecule has 0 spiro atoms. The molecular formula is C20H35N5O7. The summed E-state index contributed by atoms with van der Waals surface area (Å²) in [6, 6.07) is -4.31. The number of carbonyl (C=O) groups is 5. The standard InChI is InChI=1S/C20H35N5O7/c1-4-10(2)15(20(31)32)24-18(29)13(7-8-14(21)27)23-19(30)16(11(3)26)25-17(28)12-6-5-9-22-12/h10-13,15-16,22,26H,4-9H2,1-3H3,(H2,21,27)(H,23,30)(H,24,29)(H,25,28)(H,31,32). The van der Waals surface area contributed by atoms with Gasteiger partial charge in [0.1, 0.15) is 18.1 Å². The molecule has 1 heterocycles. The molecule has 1 aliphatic heterocycles. The van der Waals surface area contributed by atoms with Gasteiger partial charge in [-0.1, -0.05) is 20.3 Å². The highest BCUT2D eigenvalue weighted by molar-refractivity contribution is 5.94. The van der Waals surface area contributed by atoms with Gasteiger partial charge in [-0.25, -0.2) is 4.79 Å². The molecule has 1 fully saturated rings. The molecule has 0 aromatic rings. The van der Waals surface area contributed by atoms with E-state index in [1.54, 1.807) is 13.8 Å². The first-order chi connectivity index (χ1) is 15.0. The summed E-state index contributed by atoms with van der Waals surface area (Å²) in [4.78, 5) is 60.6. The lowest BCUT2D eigenvalue weighted by Gasteiger charge is -2.27. The van der Waals surface area contributed by atoms with Gasteiger partial charge in [0.25, 0.3) is 0 Å². The SMILES string of the molecule is CCC(C)C(NC(=O)C(CCC(N)=O)NC(=O)C(NC(=O)C1CCCN1)C(C)O)C(=O)O. The number of primary amides is 1. The molecule has 12 heteroatoms. The van der Waals surface area contributed by atoms with Crippen LogP contribution in [-0.4, -0.2) is 76.6 Å². The highest BCUT2D eigenvalue weighted by Gasteiger charge is 2.34. The molecule has 6 unspecified atom stereocenters. The molecule has 4 amide bonds. The Morgan fingerprint density at radius 1 is 1.06 bits per heavy atom. The average Bonchev–Trinajstić information content (AvgIpc) is 3.26. The summed E-state index contributed by atoms with van der Waals surface area (Å²) in [5.41, 5.74) is 5.15. The molecule has 0 saturated carbocycles. The number of carboxylic acids is 1. The predicted molar refractivity (Wildman–Crippen MR) is 114 cm³/mol. The summed E-state index contributed by atoms with van der Waals surface area (Å²) in [5, 5.41) is 29.7. The summed E-state index contributed by atoms with van der Waals surface area (Å²) in [6.07, 6.45) is 0.199. The number of nitrogens with two attached hydrogens (primary N) is 1. The Morgan fingerprint density at radius 3 is 2.19 bits per heavy atom. The number of aliphatic carboxylic acids is 1. The third-order valence-corrected chi connectivity index (χ3v) is 5.53. The molecule has 8 N–H and O–H groups in total. The third kappa shape index (κ3) is 8.42. The Morgan fingerprint density at radius 2 is 1.72 bits per heavy atom. The Balaban J connectivity index is 2.94. The lowest BCUT2D eigenvalue weighted by atomic mass is 9.98. The normalized spacial score (nSPS) is 20.3. The van der Waals surface area contributed by atoms with Crippen LogP contribution >= 0.6 is 0 Å². The van der Waals surface area contributed by atoms with E-state index in [4.69, 9.17) is 5.73 Å². The highest BCUT2D eigenvalue weighted by Crippen LogP contribution is 2.10. The maximum Gasteiger partial charge on any atom is 0.326 e. The second kappa shape index (κ2) is 13.0. The number of amides is 4. The minimum absolute atomic E-state index is 0.176. The Hall–Kier alpha value is -2.73. The van der Waals surface area contributed by atoms with Gasteiger partial charge < -0.3 is 37.2 Å². The fourth-order valence-corrected chi connectivity index (χ4v) is 3.32. The van der Waals surface area contributed by atoms with Crippen LogP contribution in [0.25, 0.3) is 0 Å². The van der Waals surface area contributed by atoms with Crippen LogP contribution in [0.1, 0.15) is 52.9 Å². The van der Waals surface area contributed by atoms with E-state index in [0.29, 0.717) is 19.4 Å². The van der Waals surface area contributed by atoms with Crippen molar-refractivity contribution in [1.29, 1.82) is 0 Å². The fraction of sp³-hybridized carbons (Fsp3) is 0.750. The predicted octanol–water partition coefficient (Wildman–Crippen LogP) is -2.03. The number of aliphatic hydroxyl groups is 1. The lowest BCUT2D eigenvalue weighted by Crippen LogP contribution is -2.60. The molecule has 0 radical (unpaired) electrons. The average molecular weight is 458 g/mol. The van der Waals surface area contributed by atoms with Crippen molar-refractivity contribution in [1.82, 2.24) is 21.3 Å². The summed E-state index contributed by atoms with van der Waals surface area (Å²) in [7, 11) is 0. The Labute approximate surface area is 187 Å². The van der Waals surface area contributed by atoms with Crippen molar-refractivity contribution in [2.75, 3.05) is 6.54 Å². The van der Waals surface area contributed by atoms with Gasteiger partial charge in [0.15, 0.2) is 0 Å². The first kappa shape index (κ1) is 27.3. The van der Waals surface area contributed by atoms with E-state index >= 15 is 0 Å². The second-order valence-corrected chi connectivity index (χ2v) is 8.15. The number of aliphatic hydroxyl groups excluding tert-OH is 1. The molecule has 1 aliphatic rings. The van der Waals surface area contributed by atoms with Crippen LogP contribution in [0, 0.1) is 5.92 Å². The summed E-state index contributed by atoms with van der Waals surface area (Å²) >= 11 is 0. The van der Waals surface area contributed by atoms with Crippen molar-refractivity contribution in [3.05, 3.63) is 0 Å². The zero-order valence-electron chi connectivity index (χ0n) is 18.7. The van der Waals surface area contributed by atoms with Crippen LogP contribution in [0.3, 0.4) is 0 Å². The topological polar surface area (TPSA) is 200 Å². The molecule has 0 aromatic carbocycles. The first-order valence-corrected chi connectivity index (χ1v) is 10.8. The van der Waals surface area contributed by atoms with E-state index in [1.165, 1.54) is 6.92 Å². The zero-order chi connectivity index (χ0) is 24.4. The Kier molecular flexibility index (Phi) is 11.1. The number of carbonyl (C=O) groups excluding carboxylic acids is 4. The van der Waals surface area contributed by atoms with E-state index in [9.17, 15) is 34.2 Å². The molecule has 1 saturated heterocycles. The largest absolute Gasteiger partial charge is 0.480 e. The molecule has 32 heavy (non-hydrogen) atoms. The van der Waals surface area contributed by atoms with E-state index in [2.05, 4.69) is 21.3 Å². The first-order valence-electron chi connectivity index (χ1n) is 10.8. The second-order valence-electron chi connectivity index (χ2n) is 8.15. The zero-order valence-corrected chi connectivity index (χ0v) is 18.7. The van der Waals surface area contributed by atoms with Crippen molar-refractivity contribution in [3.8, 4) is 0 Å². The van der Waals surface area contributed by atoms with Gasteiger partial charge in [-0.15, -0.1) is 0 Å². The van der Waals surface area contributed by atoms with Gasteiger partial charge in [0.05, 0.1) is 12.1 Å². The fourth-order valence-electron chi connectivity index (χ4n) is 3.32. The molecule has 1 rings (SSSR count). The van der Waals surface area contributed by atoms with Gasteiger partial charge in [0.2, 0.25) is 23.6 Å². The van der Waals surface area contributed by atoms with Crippen molar-refractivity contribution in [2.45, 2.75) is 83.1 Å². The maximum absolute atomic E-state index is 12.8. The number of hydrogen-bond acceptors (Lipinski definition) is 7. The van der Waals surface area contributed by atoms with E-state index in [1.807, 2.05) is 0 Å².